The summed E-state index contributed by atoms with van der Waals surface area (Å²) >= 11 is 0. The number of benzene rings is 2. The van der Waals surface area contributed by atoms with Gasteiger partial charge in [-0.15, -0.1) is 0 Å². The van der Waals surface area contributed by atoms with Gasteiger partial charge in [-0.2, -0.15) is 0 Å². The first-order valence-corrected chi connectivity index (χ1v) is 5.96. The molecule has 0 saturated heterocycles. The molecule has 0 saturated carbocycles. The summed E-state index contributed by atoms with van der Waals surface area (Å²) in [5.41, 5.74) is 6.96. The van der Waals surface area contributed by atoms with E-state index in [0.717, 1.165) is 10.8 Å². The zero-order valence-corrected chi connectivity index (χ0v) is 10.2. The Hall–Kier alpha value is -2.75. The van der Waals surface area contributed by atoms with E-state index in [-0.39, 0.29) is 6.03 Å². The van der Waals surface area contributed by atoms with Crippen LogP contribution in [0, 0.1) is 0 Å². The summed E-state index contributed by atoms with van der Waals surface area (Å²) in [6.45, 7) is 0. The number of amides is 1. The van der Waals surface area contributed by atoms with Crippen molar-refractivity contribution in [3.8, 4) is 0 Å². The molecule has 3 aromatic rings. The molecule has 1 amide bonds. The van der Waals surface area contributed by atoms with Gasteiger partial charge in [0.2, 0.25) is 0 Å². The van der Waals surface area contributed by atoms with Crippen molar-refractivity contribution in [3.63, 3.8) is 0 Å². The summed E-state index contributed by atoms with van der Waals surface area (Å²) in [6, 6.07) is 14.8. The van der Waals surface area contributed by atoms with Gasteiger partial charge >= 0.3 is 6.03 Å². The van der Waals surface area contributed by atoms with E-state index >= 15 is 0 Å². The van der Waals surface area contributed by atoms with Gasteiger partial charge in [0.25, 0.3) is 0 Å². The van der Waals surface area contributed by atoms with Gasteiger partial charge in [0.05, 0.1) is 11.4 Å². The Labute approximate surface area is 110 Å². The summed E-state index contributed by atoms with van der Waals surface area (Å²) < 4.78 is 1.52. The van der Waals surface area contributed by atoms with E-state index in [9.17, 15) is 4.79 Å². The molecule has 0 spiro atoms. The van der Waals surface area contributed by atoms with Gasteiger partial charge in [0.1, 0.15) is 0 Å². The van der Waals surface area contributed by atoms with Crippen molar-refractivity contribution in [3.05, 3.63) is 60.9 Å². The van der Waals surface area contributed by atoms with Crippen molar-refractivity contribution in [2.75, 3.05) is 11.1 Å². The highest BCUT2D eigenvalue weighted by Gasteiger charge is 2.07. The van der Waals surface area contributed by atoms with Crippen molar-refractivity contribution in [1.29, 1.82) is 0 Å². The molecule has 0 aliphatic heterocycles. The highest BCUT2D eigenvalue weighted by Crippen LogP contribution is 2.18. The van der Waals surface area contributed by atoms with Crippen LogP contribution in [-0.4, -0.2) is 10.6 Å². The van der Waals surface area contributed by atoms with Gasteiger partial charge in [-0.3, -0.25) is 4.57 Å². The molecule has 3 N–H and O–H groups in total. The van der Waals surface area contributed by atoms with Crippen molar-refractivity contribution >= 4 is 28.2 Å². The number of nitrogens with zero attached hydrogens (tertiary/aromatic N) is 1. The number of hydrogen-bond donors (Lipinski definition) is 2. The molecule has 0 radical (unpaired) electrons. The van der Waals surface area contributed by atoms with Crippen molar-refractivity contribution < 1.29 is 4.79 Å². The van der Waals surface area contributed by atoms with Gasteiger partial charge in [-0.25, -0.2) is 4.79 Å². The number of nitrogen functional groups attached to an aromatic ring is 1. The molecule has 4 nitrogen and oxygen atoms in total. The molecular weight excluding hydrogens is 238 g/mol. The first-order chi connectivity index (χ1) is 9.24. The summed E-state index contributed by atoms with van der Waals surface area (Å²) in [7, 11) is 0. The molecule has 3 rings (SSSR count). The van der Waals surface area contributed by atoms with E-state index in [2.05, 4.69) is 5.32 Å². The van der Waals surface area contributed by atoms with E-state index in [1.54, 1.807) is 24.5 Å². The summed E-state index contributed by atoms with van der Waals surface area (Å²) in [4.78, 5) is 12.1. The molecule has 0 atom stereocenters. The second-order valence-electron chi connectivity index (χ2n) is 4.31. The summed E-state index contributed by atoms with van der Waals surface area (Å²) in [5, 5.41) is 4.84. The van der Waals surface area contributed by atoms with Crippen LogP contribution >= 0.6 is 0 Å². The number of fused-ring (bicyclic) bond motifs is 1. The van der Waals surface area contributed by atoms with Crippen molar-refractivity contribution in [2.45, 2.75) is 0 Å². The lowest BCUT2D eigenvalue weighted by molar-refractivity contribution is 0.253. The van der Waals surface area contributed by atoms with Crippen LogP contribution in [0.4, 0.5) is 16.2 Å². The van der Waals surface area contributed by atoms with Crippen LogP contribution in [0.3, 0.4) is 0 Å². The Balaban J connectivity index is 1.90. The predicted molar refractivity (Wildman–Crippen MR) is 77.2 cm³/mol. The lowest BCUT2D eigenvalue weighted by Gasteiger charge is -2.07. The van der Waals surface area contributed by atoms with E-state index in [1.165, 1.54) is 4.57 Å². The van der Waals surface area contributed by atoms with Crippen LogP contribution in [0.5, 0.6) is 0 Å². The van der Waals surface area contributed by atoms with Crippen LogP contribution in [0.1, 0.15) is 0 Å². The van der Waals surface area contributed by atoms with Crippen LogP contribution in [-0.2, 0) is 0 Å². The third-order valence-corrected chi connectivity index (χ3v) is 2.99. The Bertz CT molecular complexity index is 713. The molecule has 94 valence electrons. The molecule has 0 fully saturated rings. The zero-order chi connectivity index (χ0) is 13.2. The van der Waals surface area contributed by atoms with Crippen LogP contribution < -0.4 is 11.1 Å². The van der Waals surface area contributed by atoms with Crippen molar-refractivity contribution in [2.24, 2.45) is 0 Å². The largest absolute Gasteiger partial charge is 0.397 e. The Morgan fingerprint density at radius 3 is 2.16 bits per heavy atom. The Morgan fingerprint density at radius 2 is 1.53 bits per heavy atom. The maximum Gasteiger partial charge on any atom is 0.330 e. The molecule has 1 aromatic heterocycles. The lowest BCUT2D eigenvalue weighted by Crippen LogP contribution is -2.18. The number of nitrogens with one attached hydrogen (secondary N) is 1. The lowest BCUT2D eigenvalue weighted by atomic mass is 10.2. The van der Waals surface area contributed by atoms with Crippen LogP contribution in [0.2, 0.25) is 0 Å². The quantitative estimate of drug-likeness (QED) is 0.652. The highest BCUT2D eigenvalue weighted by molar-refractivity contribution is 5.97. The molecule has 4 heteroatoms. The fraction of sp³-hybridized carbons (Fsp3) is 0. The number of para-hydroxylation sites is 2. The first kappa shape index (κ1) is 11.3. The maximum atomic E-state index is 12.1. The molecule has 19 heavy (non-hydrogen) atoms. The van der Waals surface area contributed by atoms with Crippen LogP contribution in [0.15, 0.2) is 60.9 Å². The SMILES string of the molecule is Nc1ccccc1NC(=O)n1cc2ccccc2c1. The predicted octanol–water partition coefficient (Wildman–Crippen LogP) is 3.30. The number of carbonyl (C=O) groups is 1. The van der Waals surface area contributed by atoms with E-state index in [0.29, 0.717) is 11.4 Å². The molecule has 0 unspecified atom stereocenters. The van der Waals surface area contributed by atoms with E-state index < -0.39 is 0 Å². The molecule has 0 bridgehead atoms. The average molecular weight is 251 g/mol. The third-order valence-electron chi connectivity index (χ3n) is 2.99. The van der Waals surface area contributed by atoms with Gasteiger partial charge in [0.15, 0.2) is 0 Å². The minimum atomic E-state index is -0.228. The second-order valence-corrected chi connectivity index (χ2v) is 4.31. The normalized spacial score (nSPS) is 10.5. The zero-order valence-electron chi connectivity index (χ0n) is 10.2. The molecule has 0 aliphatic rings. The minimum Gasteiger partial charge on any atom is -0.397 e. The summed E-state index contributed by atoms with van der Waals surface area (Å²) in [6.07, 6.45) is 3.59. The highest BCUT2D eigenvalue weighted by atomic mass is 16.2. The number of rotatable bonds is 1. The fourth-order valence-electron chi connectivity index (χ4n) is 1.99. The van der Waals surface area contributed by atoms with Crippen LogP contribution in [0.25, 0.3) is 10.8 Å². The molecule has 2 aromatic carbocycles. The first-order valence-electron chi connectivity index (χ1n) is 5.96. The molecule has 0 aliphatic carbocycles. The smallest absolute Gasteiger partial charge is 0.330 e. The minimum absolute atomic E-state index is 0.228. The molecular formula is C15H13N3O. The average Bonchev–Trinajstić information content (AvgIpc) is 2.85. The second kappa shape index (κ2) is 4.49. The number of hydrogen-bond acceptors (Lipinski definition) is 2. The van der Waals surface area contributed by atoms with E-state index in [1.807, 2.05) is 36.4 Å². The topological polar surface area (TPSA) is 60.0 Å². The molecule has 1 heterocycles. The Kier molecular flexibility index (Phi) is 2.68. The van der Waals surface area contributed by atoms with Gasteiger partial charge in [-0.1, -0.05) is 36.4 Å². The summed E-state index contributed by atoms with van der Waals surface area (Å²) in [5.74, 6) is 0. The van der Waals surface area contributed by atoms with Gasteiger partial charge in [0, 0.05) is 12.4 Å². The number of carbonyl (C=O) groups excluding carboxylic acids is 1. The number of anilines is 2. The number of nitrogens with two attached hydrogens (primary N) is 1. The maximum absolute atomic E-state index is 12.1. The Morgan fingerprint density at radius 1 is 0.947 bits per heavy atom. The van der Waals surface area contributed by atoms with E-state index in [4.69, 9.17) is 5.73 Å². The van der Waals surface area contributed by atoms with Gasteiger partial charge in [-0.05, 0) is 22.9 Å². The standard InChI is InChI=1S/C15H13N3O/c16-13-7-3-4-8-14(13)17-15(19)18-9-11-5-1-2-6-12(11)10-18/h1-10H,16H2,(H,17,19). The number of aromatic nitrogens is 1. The van der Waals surface area contributed by atoms with Gasteiger partial charge < -0.3 is 11.1 Å². The fourth-order valence-corrected chi connectivity index (χ4v) is 1.99. The monoisotopic (exact) mass is 251 g/mol. The van der Waals surface area contributed by atoms with Crippen molar-refractivity contribution in [1.82, 2.24) is 4.57 Å². The third kappa shape index (κ3) is 2.15.